The van der Waals surface area contributed by atoms with E-state index < -0.39 is 28.5 Å². The summed E-state index contributed by atoms with van der Waals surface area (Å²) in [5.41, 5.74) is 1.82. The standard InChI is InChI=1S/C31H38BrN3O6S/c1-6-22(2)33-31(37)28(18-23-11-8-7-9-12-23)34(20-24-13-10-14-25(32)17-24)30(36)21-35(42(5,38)39)27-16-15-26(40-3)19-29(27)41-4/h7-17,19,22,28H,6,18,20-21H2,1-5H3,(H,33,37)/t22-,28+/m1/s1. The molecule has 0 aliphatic heterocycles. The van der Waals surface area contributed by atoms with Crippen LogP contribution in [0.15, 0.2) is 77.3 Å². The molecule has 2 atom stereocenters. The maximum Gasteiger partial charge on any atom is 0.244 e. The van der Waals surface area contributed by atoms with Gasteiger partial charge in [-0.2, -0.15) is 0 Å². The van der Waals surface area contributed by atoms with Crippen molar-refractivity contribution in [1.82, 2.24) is 10.2 Å². The third-order valence-corrected chi connectivity index (χ3v) is 8.47. The van der Waals surface area contributed by atoms with Crippen molar-refractivity contribution in [2.75, 3.05) is 31.3 Å². The highest BCUT2D eigenvalue weighted by Gasteiger charge is 2.34. The number of hydrogen-bond acceptors (Lipinski definition) is 6. The molecule has 2 amide bonds. The summed E-state index contributed by atoms with van der Waals surface area (Å²) in [6.45, 7) is 3.41. The predicted molar refractivity (Wildman–Crippen MR) is 168 cm³/mol. The van der Waals surface area contributed by atoms with E-state index >= 15 is 0 Å². The van der Waals surface area contributed by atoms with E-state index in [9.17, 15) is 18.0 Å². The van der Waals surface area contributed by atoms with E-state index in [1.165, 1.54) is 25.2 Å². The molecule has 0 fully saturated rings. The first-order valence-corrected chi connectivity index (χ1v) is 16.2. The van der Waals surface area contributed by atoms with Crippen LogP contribution < -0.4 is 19.1 Å². The lowest BCUT2D eigenvalue weighted by atomic mass is 10.0. The van der Waals surface area contributed by atoms with Crippen molar-refractivity contribution in [2.24, 2.45) is 0 Å². The van der Waals surface area contributed by atoms with Crippen LogP contribution in [-0.4, -0.2) is 64.2 Å². The molecule has 0 saturated carbocycles. The fourth-order valence-electron chi connectivity index (χ4n) is 4.41. The Bertz CT molecular complexity index is 1470. The van der Waals surface area contributed by atoms with Crippen molar-refractivity contribution in [3.05, 3.63) is 88.4 Å². The number of halogens is 1. The van der Waals surface area contributed by atoms with Crippen LogP contribution in [0, 0.1) is 0 Å². The van der Waals surface area contributed by atoms with Gasteiger partial charge in [0.15, 0.2) is 0 Å². The molecular weight excluding hydrogens is 622 g/mol. The van der Waals surface area contributed by atoms with Crippen molar-refractivity contribution in [3.8, 4) is 11.5 Å². The molecule has 42 heavy (non-hydrogen) atoms. The van der Waals surface area contributed by atoms with E-state index in [1.54, 1.807) is 12.1 Å². The minimum Gasteiger partial charge on any atom is -0.497 e. The summed E-state index contributed by atoms with van der Waals surface area (Å²) < 4.78 is 38.7. The fraction of sp³-hybridized carbons (Fsp3) is 0.355. The van der Waals surface area contributed by atoms with Gasteiger partial charge in [0, 0.05) is 29.5 Å². The molecule has 0 aliphatic carbocycles. The second-order valence-electron chi connectivity index (χ2n) is 9.98. The van der Waals surface area contributed by atoms with Gasteiger partial charge in [-0.05, 0) is 48.7 Å². The lowest BCUT2D eigenvalue weighted by molar-refractivity contribution is -0.140. The summed E-state index contributed by atoms with van der Waals surface area (Å²) in [5, 5.41) is 3.02. The van der Waals surface area contributed by atoms with Gasteiger partial charge in [-0.25, -0.2) is 8.42 Å². The van der Waals surface area contributed by atoms with Gasteiger partial charge in [-0.1, -0.05) is 65.3 Å². The number of hydrogen-bond donors (Lipinski definition) is 1. The van der Waals surface area contributed by atoms with Crippen molar-refractivity contribution < 1.29 is 27.5 Å². The van der Waals surface area contributed by atoms with Crippen LogP contribution in [0.5, 0.6) is 11.5 Å². The number of ether oxygens (including phenoxy) is 2. The summed E-state index contributed by atoms with van der Waals surface area (Å²) in [7, 11) is -1.05. The maximum absolute atomic E-state index is 14.2. The second-order valence-corrected chi connectivity index (χ2v) is 12.8. The number of nitrogens with one attached hydrogen (secondary N) is 1. The van der Waals surface area contributed by atoms with Crippen molar-refractivity contribution in [1.29, 1.82) is 0 Å². The number of rotatable bonds is 14. The summed E-state index contributed by atoms with van der Waals surface area (Å²) in [6.07, 6.45) is 1.98. The zero-order valence-corrected chi connectivity index (χ0v) is 26.9. The molecule has 0 unspecified atom stereocenters. The monoisotopic (exact) mass is 659 g/mol. The molecule has 1 N–H and O–H groups in total. The molecular formula is C31H38BrN3O6S. The van der Waals surface area contributed by atoms with E-state index in [-0.39, 0.29) is 36.4 Å². The van der Waals surface area contributed by atoms with Crippen LogP contribution in [0.3, 0.4) is 0 Å². The highest BCUT2D eigenvalue weighted by molar-refractivity contribution is 9.10. The Kier molecular flexibility index (Phi) is 11.8. The Labute approximate surface area is 257 Å². The highest BCUT2D eigenvalue weighted by Crippen LogP contribution is 2.34. The molecule has 0 heterocycles. The smallest absolute Gasteiger partial charge is 0.244 e. The maximum atomic E-state index is 14.2. The minimum atomic E-state index is -3.95. The first-order chi connectivity index (χ1) is 20.0. The third kappa shape index (κ3) is 8.96. The van der Waals surface area contributed by atoms with Gasteiger partial charge in [0.05, 0.1) is 26.2 Å². The number of nitrogens with zero attached hydrogens (tertiary/aromatic N) is 2. The average Bonchev–Trinajstić information content (AvgIpc) is 2.97. The summed E-state index contributed by atoms with van der Waals surface area (Å²) in [5.74, 6) is -0.166. The Morgan fingerprint density at radius 3 is 2.24 bits per heavy atom. The Morgan fingerprint density at radius 2 is 1.64 bits per heavy atom. The lowest BCUT2D eigenvalue weighted by Gasteiger charge is -2.34. The van der Waals surface area contributed by atoms with E-state index in [0.29, 0.717) is 12.2 Å². The summed E-state index contributed by atoms with van der Waals surface area (Å²) >= 11 is 3.48. The quantitative estimate of drug-likeness (QED) is 0.267. The molecule has 0 spiro atoms. The predicted octanol–water partition coefficient (Wildman–Crippen LogP) is 4.79. The van der Waals surface area contributed by atoms with E-state index in [2.05, 4.69) is 21.2 Å². The van der Waals surface area contributed by atoms with Crippen LogP contribution in [0.1, 0.15) is 31.4 Å². The summed E-state index contributed by atoms with van der Waals surface area (Å²) in [6, 6.07) is 20.5. The SMILES string of the molecule is CC[C@@H](C)NC(=O)[C@H](Cc1ccccc1)N(Cc1cccc(Br)c1)C(=O)CN(c1ccc(OC)cc1OC)S(C)(=O)=O. The summed E-state index contributed by atoms with van der Waals surface area (Å²) in [4.78, 5) is 29.5. The number of amides is 2. The van der Waals surface area contributed by atoms with Gasteiger partial charge >= 0.3 is 0 Å². The van der Waals surface area contributed by atoms with Crippen molar-refractivity contribution in [3.63, 3.8) is 0 Å². The van der Waals surface area contributed by atoms with E-state index in [4.69, 9.17) is 9.47 Å². The molecule has 226 valence electrons. The number of anilines is 1. The van der Waals surface area contributed by atoms with E-state index in [0.717, 1.165) is 26.2 Å². The molecule has 0 aliphatic rings. The van der Waals surface area contributed by atoms with Crippen LogP contribution in [0.25, 0.3) is 0 Å². The van der Waals surface area contributed by atoms with Gasteiger partial charge in [0.25, 0.3) is 0 Å². The van der Waals surface area contributed by atoms with Gasteiger partial charge in [-0.3, -0.25) is 13.9 Å². The normalized spacial score (nSPS) is 12.6. The van der Waals surface area contributed by atoms with Crippen molar-refractivity contribution in [2.45, 2.75) is 45.3 Å². The molecule has 3 aromatic rings. The zero-order valence-electron chi connectivity index (χ0n) is 24.5. The van der Waals surface area contributed by atoms with Gasteiger partial charge in [-0.15, -0.1) is 0 Å². The van der Waals surface area contributed by atoms with Crippen LogP contribution >= 0.6 is 15.9 Å². The first-order valence-electron chi connectivity index (χ1n) is 13.5. The topological polar surface area (TPSA) is 105 Å². The number of carbonyl (C=O) groups excluding carboxylic acids is 2. The van der Waals surface area contributed by atoms with Gasteiger partial charge in [0.2, 0.25) is 21.8 Å². The van der Waals surface area contributed by atoms with Crippen molar-refractivity contribution >= 4 is 43.5 Å². The number of methoxy groups -OCH3 is 2. The van der Waals surface area contributed by atoms with Gasteiger partial charge in [0.1, 0.15) is 24.1 Å². The number of benzene rings is 3. The number of carbonyl (C=O) groups is 2. The molecule has 11 heteroatoms. The van der Waals surface area contributed by atoms with E-state index in [1.807, 2.05) is 68.4 Å². The molecule has 0 aromatic heterocycles. The Morgan fingerprint density at radius 1 is 0.952 bits per heavy atom. The Balaban J connectivity index is 2.10. The minimum absolute atomic E-state index is 0.0844. The Hall–Kier alpha value is -3.57. The zero-order chi connectivity index (χ0) is 30.9. The molecule has 9 nitrogen and oxygen atoms in total. The average molecular weight is 661 g/mol. The third-order valence-electron chi connectivity index (χ3n) is 6.85. The van der Waals surface area contributed by atoms with Crippen LogP contribution in [0.4, 0.5) is 5.69 Å². The fourth-order valence-corrected chi connectivity index (χ4v) is 5.71. The van der Waals surface area contributed by atoms with Gasteiger partial charge < -0.3 is 19.7 Å². The molecule has 3 aromatic carbocycles. The second kappa shape index (κ2) is 15.1. The molecule has 0 bridgehead atoms. The largest absolute Gasteiger partial charge is 0.497 e. The molecule has 0 radical (unpaired) electrons. The highest BCUT2D eigenvalue weighted by atomic mass is 79.9. The first kappa shape index (κ1) is 32.9. The van der Waals surface area contributed by atoms with Crippen LogP contribution in [0.2, 0.25) is 0 Å². The van der Waals surface area contributed by atoms with Crippen LogP contribution in [-0.2, 0) is 32.6 Å². The number of sulfonamides is 1. The molecule has 3 rings (SSSR count). The lowest BCUT2D eigenvalue weighted by Crippen LogP contribution is -2.54. The molecule has 0 saturated heterocycles.